The van der Waals surface area contributed by atoms with Crippen molar-refractivity contribution in [3.8, 4) is 5.75 Å². The predicted molar refractivity (Wildman–Crippen MR) is 93.2 cm³/mol. The van der Waals surface area contributed by atoms with Crippen molar-refractivity contribution in [1.29, 1.82) is 0 Å². The maximum atomic E-state index is 5.35. The van der Waals surface area contributed by atoms with Crippen molar-refractivity contribution in [1.82, 2.24) is 19.5 Å². The Morgan fingerprint density at radius 3 is 2.50 bits per heavy atom. The molecular weight excluding hydrogens is 302 g/mol. The number of aromatic nitrogens is 4. The number of nitrogens with one attached hydrogen (secondary N) is 1. The first-order valence-corrected chi connectivity index (χ1v) is 7.77. The van der Waals surface area contributed by atoms with Crippen LogP contribution in [0.4, 0.5) is 5.95 Å². The lowest BCUT2D eigenvalue weighted by Crippen LogP contribution is -2.18. The van der Waals surface area contributed by atoms with Gasteiger partial charge in [-0.05, 0) is 37.6 Å². The van der Waals surface area contributed by atoms with Crippen LogP contribution in [0.3, 0.4) is 0 Å². The van der Waals surface area contributed by atoms with E-state index >= 15 is 0 Å². The van der Waals surface area contributed by atoms with Gasteiger partial charge in [-0.15, -0.1) is 0 Å². The molecule has 1 N–H and O–H groups in total. The molecule has 0 aliphatic rings. The summed E-state index contributed by atoms with van der Waals surface area (Å²) < 4.78 is 7.34. The fourth-order valence-corrected chi connectivity index (χ4v) is 2.69. The molecule has 0 amide bonds. The van der Waals surface area contributed by atoms with Crippen LogP contribution in [0.25, 0.3) is 0 Å². The van der Waals surface area contributed by atoms with Gasteiger partial charge in [0.2, 0.25) is 5.95 Å². The highest BCUT2D eigenvalue weighted by atomic mass is 16.5. The van der Waals surface area contributed by atoms with Gasteiger partial charge in [-0.25, -0.2) is 15.0 Å². The Balaban J connectivity index is 2.03. The third kappa shape index (κ3) is 3.37. The molecule has 6 nitrogen and oxygen atoms in total. The standard InChI is InChI=1S/C18H21N5O/c1-12-10-13(2)21-18(20-12)22-16(17-19-8-9-23(17)3)14-6-5-7-15(11-14)24-4/h5-11,16H,1-4H3,(H,20,21,22)/t16-/m1/s1. The minimum Gasteiger partial charge on any atom is -0.497 e. The molecule has 2 heterocycles. The number of methoxy groups -OCH3 is 1. The van der Waals surface area contributed by atoms with E-state index in [4.69, 9.17) is 4.74 Å². The minimum absolute atomic E-state index is 0.179. The van der Waals surface area contributed by atoms with E-state index in [9.17, 15) is 0 Å². The predicted octanol–water partition coefficient (Wildman–Crippen LogP) is 3.04. The van der Waals surface area contributed by atoms with Gasteiger partial charge >= 0.3 is 0 Å². The van der Waals surface area contributed by atoms with Crippen LogP contribution in [0.15, 0.2) is 42.7 Å². The highest BCUT2D eigenvalue weighted by Crippen LogP contribution is 2.27. The highest BCUT2D eigenvalue weighted by Gasteiger charge is 2.20. The maximum absolute atomic E-state index is 5.35. The highest BCUT2D eigenvalue weighted by molar-refractivity contribution is 5.41. The SMILES string of the molecule is COc1cccc([C@@H](Nc2nc(C)cc(C)n2)c2nccn2C)c1. The maximum Gasteiger partial charge on any atom is 0.223 e. The molecule has 0 saturated carbocycles. The number of imidazole rings is 1. The number of benzene rings is 1. The number of aryl methyl sites for hydroxylation is 3. The van der Waals surface area contributed by atoms with Crippen LogP contribution in [0.5, 0.6) is 5.75 Å². The summed E-state index contributed by atoms with van der Waals surface area (Å²) in [5, 5.41) is 3.41. The number of ether oxygens (including phenoxy) is 1. The average molecular weight is 323 g/mol. The Morgan fingerprint density at radius 1 is 1.12 bits per heavy atom. The third-order valence-corrected chi connectivity index (χ3v) is 3.80. The smallest absolute Gasteiger partial charge is 0.223 e. The van der Waals surface area contributed by atoms with E-state index in [-0.39, 0.29) is 6.04 Å². The summed E-state index contributed by atoms with van der Waals surface area (Å²) in [6, 6.07) is 9.70. The molecule has 0 aliphatic carbocycles. The Hall–Kier alpha value is -2.89. The molecule has 1 aromatic carbocycles. The Labute approximate surface area is 141 Å². The second kappa shape index (κ2) is 6.70. The Bertz CT molecular complexity index is 823. The topological polar surface area (TPSA) is 64.9 Å². The molecule has 1 atom stereocenters. The second-order valence-electron chi connectivity index (χ2n) is 5.72. The molecule has 6 heteroatoms. The van der Waals surface area contributed by atoms with Crippen molar-refractivity contribution in [2.24, 2.45) is 7.05 Å². The van der Waals surface area contributed by atoms with E-state index in [0.29, 0.717) is 5.95 Å². The van der Waals surface area contributed by atoms with E-state index < -0.39 is 0 Å². The molecule has 3 rings (SSSR count). The number of nitrogens with zero attached hydrogens (tertiary/aromatic N) is 4. The van der Waals surface area contributed by atoms with Gasteiger partial charge in [0.15, 0.2) is 0 Å². The van der Waals surface area contributed by atoms with Crippen LogP contribution in [-0.2, 0) is 7.05 Å². The van der Waals surface area contributed by atoms with E-state index in [2.05, 4.69) is 20.3 Å². The molecule has 124 valence electrons. The lowest BCUT2D eigenvalue weighted by Gasteiger charge is -2.20. The quantitative estimate of drug-likeness (QED) is 0.782. The molecule has 3 aromatic rings. The van der Waals surface area contributed by atoms with Gasteiger partial charge in [0, 0.05) is 30.8 Å². The number of hydrogen-bond donors (Lipinski definition) is 1. The van der Waals surface area contributed by atoms with E-state index in [0.717, 1.165) is 28.5 Å². The van der Waals surface area contributed by atoms with Gasteiger partial charge < -0.3 is 14.6 Å². The first-order valence-electron chi connectivity index (χ1n) is 7.77. The molecule has 0 aliphatic heterocycles. The molecular formula is C18H21N5O. The molecule has 0 bridgehead atoms. The van der Waals surface area contributed by atoms with Crippen LogP contribution >= 0.6 is 0 Å². The Kier molecular flexibility index (Phi) is 4.46. The summed E-state index contributed by atoms with van der Waals surface area (Å²) >= 11 is 0. The summed E-state index contributed by atoms with van der Waals surface area (Å²) in [5.74, 6) is 2.27. The van der Waals surface area contributed by atoms with Crippen LogP contribution in [0.1, 0.15) is 28.8 Å². The van der Waals surface area contributed by atoms with E-state index in [1.807, 2.05) is 62.0 Å². The van der Waals surface area contributed by atoms with Crippen LogP contribution in [-0.4, -0.2) is 26.6 Å². The van der Waals surface area contributed by atoms with Crippen molar-refractivity contribution in [2.45, 2.75) is 19.9 Å². The third-order valence-electron chi connectivity index (χ3n) is 3.80. The first-order chi connectivity index (χ1) is 11.6. The van der Waals surface area contributed by atoms with E-state index in [1.165, 1.54) is 0 Å². The van der Waals surface area contributed by atoms with Crippen LogP contribution < -0.4 is 10.1 Å². The summed E-state index contributed by atoms with van der Waals surface area (Å²) in [7, 11) is 3.63. The molecule has 2 aromatic heterocycles. The summed E-state index contributed by atoms with van der Waals surface area (Å²) in [6.45, 7) is 3.92. The van der Waals surface area contributed by atoms with Gasteiger partial charge in [0.1, 0.15) is 17.6 Å². The van der Waals surface area contributed by atoms with Gasteiger partial charge in [-0.1, -0.05) is 12.1 Å². The second-order valence-corrected chi connectivity index (χ2v) is 5.72. The van der Waals surface area contributed by atoms with Crippen LogP contribution in [0.2, 0.25) is 0 Å². The zero-order chi connectivity index (χ0) is 17.1. The van der Waals surface area contributed by atoms with Crippen molar-refractivity contribution >= 4 is 5.95 Å². The molecule has 0 saturated heterocycles. The molecule has 24 heavy (non-hydrogen) atoms. The normalized spacial score (nSPS) is 12.0. The monoisotopic (exact) mass is 323 g/mol. The van der Waals surface area contributed by atoms with Crippen molar-refractivity contribution < 1.29 is 4.74 Å². The zero-order valence-corrected chi connectivity index (χ0v) is 14.3. The van der Waals surface area contributed by atoms with Crippen molar-refractivity contribution in [2.75, 3.05) is 12.4 Å². The lowest BCUT2D eigenvalue weighted by atomic mass is 10.1. The molecule has 0 radical (unpaired) electrons. The summed E-state index contributed by atoms with van der Waals surface area (Å²) in [4.78, 5) is 13.5. The Morgan fingerprint density at radius 2 is 1.88 bits per heavy atom. The number of rotatable bonds is 5. The summed E-state index contributed by atoms with van der Waals surface area (Å²) in [6.07, 6.45) is 3.71. The number of anilines is 1. The van der Waals surface area contributed by atoms with E-state index in [1.54, 1.807) is 13.3 Å². The summed E-state index contributed by atoms with van der Waals surface area (Å²) in [5.41, 5.74) is 2.88. The minimum atomic E-state index is -0.179. The molecule has 0 spiro atoms. The van der Waals surface area contributed by atoms with Crippen molar-refractivity contribution in [3.63, 3.8) is 0 Å². The fourth-order valence-electron chi connectivity index (χ4n) is 2.69. The van der Waals surface area contributed by atoms with Crippen LogP contribution in [0, 0.1) is 13.8 Å². The zero-order valence-electron chi connectivity index (χ0n) is 14.3. The largest absolute Gasteiger partial charge is 0.497 e. The van der Waals surface area contributed by atoms with Crippen molar-refractivity contribution in [3.05, 3.63) is 65.5 Å². The van der Waals surface area contributed by atoms with Gasteiger partial charge in [0.05, 0.1) is 7.11 Å². The van der Waals surface area contributed by atoms with Gasteiger partial charge in [0.25, 0.3) is 0 Å². The van der Waals surface area contributed by atoms with Gasteiger partial charge in [-0.2, -0.15) is 0 Å². The average Bonchev–Trinajstić information content (AvgIpc) is 2.97. The molecule has 0 unspecified atom stereocenters. The lowest BCUT2D eigenvalue weighted by molar-refractivity contribution is 0.414. The number of hydrogen-bond acceptors (Lipinski definition) is 5. The fraction of sp³-hybridized carbons (Fsp3) is 0.278. The van der Waals surface area contributed by atoms with Gasteiger partial charge in [-0.3, -0.25) is 0 Å². The first kappa shape index (κ1) is 16.0. The molecule has 0 fully saturated rings.